The number of likely N-dealkylation sites (tertiary alicyclic amines) is 1. The van der Waals surface area contributed by atoms with Gasteiger partial charge in [-0.3, -0.25) is 14.5 Å². The van der Waals surface area contributed by atoms with Gasteiger partial charge in [0.25, 0.3) is 11.8 Å². The fourth-order valence-electron chi connectivity index (χ4n) is 3.80. The summed E-state index contributed by atoms with van der Waals surface area (Å²) in [6.07, 6.45) is 1.42. The maximum absolute atomic E-state index is 12.6. The second-order valence-corrected chi connectivity index (χ2v) is 6.63. The molecule has 1 fully saturated rings. The van der Waals surface area contributed by atoms with Gasteiger partial charge in [0.1, 0.15) is 0 Å². The van der Waals surface area contributed by atoms with Crippen LogP contribution in [0, 0.1) is 0 Å². The molecule has 6 heteroatoms. The molecule has 0 N–H and O–H groups in total. The zero-order valence-electron chi connectivity index (χ0n) is 15.2. The average molecular weight is 346 g/mol. The van der Waals surface area contributed by atoms with Crippen molar-refractivity contribution in [2.75, 3.05) is 33.4 Å². The number of piperidine rings is 1. The first kappa shape index (κ1) is 18.0. The summed E-state index contributed by atoms with van der Waals surface area (Å²) in [6.45, 7) is 6.21. The van der Waals surface area contributed by atoms with E-state index in [0.717, 1.165) is 13.0 Å². The lowest BCUT2D eigenvalue weighted by atomic mass is 9.95. The van der Waals surface area contributed by atoms with Gasteiger partial charge in [0.05, 0.1) is 11.1 Å². The highest BCUT2D eigenvalue weighted by molar-refractivity contribution is 6.21. The highest BCUT2D eigenvalue weighted by Gasteiger charge is 2.43. The van der Waals surface area contributed by atoms with Crippen molar-refractivity contribution in [2.45, 2.75) is 38.5 Å². The fraction of sp³-hybridized carbons (Fsp3) is 0.579. The summed E-state index contributed by atoms with van der Waals surface area (Å²) in [5.74, 6) is -1.05. The fourth-order valence-corrected chi connectivity index (χ4v) is 3.80. The Labute approximate surface area is 148 Å². The summed E-state index contributed by atoms with van der Waals surface area (Å²) >= 11 is 0. The maximum Gasteiger partial charge on any atom is 0.261 e. The molecule has 0 saturated carbocycles. The average Bonchev–Trinajstić information content (AvgIpc) is 2.84. The predicted octanol–water partition coefficient (Wildman–Crippen LogP) is 2.15. The van der Waals surface area contributed by atoms with E-state index in [9.17, 15) is 9.59 Å². The van der Waals surface area contributed by atoms with Gasteiger partial charge in [-0.15, -0.1) is 0 Å². The number of carbonyl (C=O) groups excluding carboxylic acids is 2. The van der Waals surface area contributed by atoms with Crippen molar-refractivity contribution in [3.05, 3.63) is 35.4 Å². The molecular formula is C19H26N2O4. The molecule has 2 aliphatic heterocycles. The van der Waals surface area contributed by atoms with E-state index >= 15 is 0 Å². The van der Waals surface area contributed by atoms with E-state index < -0.39 is 5.79 Å². The molecule has 1 unspecified atom stereocenters. The topological polar surface area (TPSA) is 59.1 Å². The van der Waals surface area contributed by atoms with Crippen LogP contribution in [0.25, 0.3) is 0 Å². The minimum Gasteiger partial charge on any atom is -0.350 e. The van der Waals surface area contributed by atoms with Gasteiger partial charge >= 0.3 is 0 Å². The highest BCUT2D eigenvalue weighted by atomic mass is 16.7. The van der Waals surface area contributed by atoms with Gasteiger partial charge in [0, 0.05) is 45.2 Å². The third kappa shape index (κ3) is 3.34. The largest absolute Gasteiger partial charge is 0.350 e. The second-order valence-electron chi connectivity index (χ2n) is 6.63. The first-order valence-electron chi connectivity index (χ1n) is 8.94. The number of hydrogen-bond donors (Lipinski definition) is 0. The molecular weight excluding hydrogens is 320 g/mol. The first-order valence-corrected chi connectivity index (χ1v) is 8.94. The van der Waals surface area contributed by atoms with Gasteiger partial charge in [0.15, 0.2) is 5.79 Å². The van der Waals surface area contributed by atoms with Gasteiger partial charge in [-0.25, -0.2) is 0 Å². The Kier molecular flexibility index (Phi) is 5.22. The first-order chi connectivity index (χ1) is 12.0. The molecule has 1 saturated heterocycles. The van der Waals surface area contributed by atoms with Crippen molar-refractivity contribution in [2.24, 2.45) is 0 Å². The Morgan fingerprint density at radius 2 is 1.64 bits per heavy atom. The Balaban J connectivity index is 1.77. The number of nitrogens with zero attached hydrogens (tertiary/aromatic N) is 2. The van der Waals surface area contributed by atoms with Crippen LogP contribution in [0.4, 0.5) is 0 Å². The van der Waals surface area contributed by atoms with Crippen LogP contribution < -0.4 is 0 Å². The number of rotatable bonds is 6. The molecule has 25 heavy (non-hydrogen) atoms. The van der Waals surface area contributed by atoms with Gasteiger partial charge in [-0.2, -0.15) is 0 Å². The highest BCUT2D eigenvalue weighted by Crippen LogP contribution is 2.33. The van der Waals surface area contributed by atoms with Gasteiger partial charge < -0.3 is 14.4 Å². The molecule has 136 valence electrons. The number of benzene rings is 1. The van der Waals surface area contributed by atoms with Crippen molar-refractivity contribution in [3.63, 3.8) is 0 Å². The van der Waals surface area contributed by atoms with E-state index in [1.165, 1.54) is 4.90 Å². The minimum absolute atomic E-state index is 0.00839. The molecule has 0 radical (unpaired) electrons. The molecule has 1 atom stereocenters. The third-order valence-electron chi connectivity index (χ3n) is 5.10. The van der Waals surface area contributed by atoms with Crippen LogP contribution in [0.15, 0.2) is 24.3 Å². The standard InChI is InChI=1S/C19H26N2O4/c1-4-24-19(25-5-2)10-11-20(3)14(12-19)13-21-17(22)15-8-6-7-9-16(15)18(21)23/h6-9,14H,4-5,10-13H2,1-3H3. The van der Waals surface area contributed by atoms with Crippen LogP contribution in [-0.4, -0.2) is 66.8 Å². The van der Waals surface area contributed by atoms with Crippen molar-refractivity contribution in [1.29, 1.82) is 0 Å². The molecule has 3 rings (SSSR count). The van der Waals surface area contributed by atoms with E-state index in [2.05, 4.69) is 4.90 Å². The lowest BCUT2D eigenvalue weighted by Crippen LogP contribution is -2.55. The quantitative estimate of drug-likeness (QED) is 0.583. The normalized spacial score (nSPS) is 23.2. The van der Waals surface area contributed by atoms with E-state index in [1.807, 2.05) is 20.9 Å². The summed E-state index contributed by atoms with van der Waals surface area (Å²) < 4.78 is 11.9. The summed E-state index contributed by atoms with van der Waals surface area (Å²) in [5.41, 5.74) is 0.985. The van der Waals surface area contributed by atoms with E-state index in [-0.39, 0.29) is 17.9 Å². The zero-order chi connectivity index (χ0) is 18.0. The predicted molar refractivity (Wildman–Crippen MR) is 93.4 cm³/mol. The molecule has 0 spiro atoms. The van der Waals surface area contributed by atoms with Crippen LogP contribution in [0.2, 0.25) is 0 Å². The summed E-state index contributed by atoms with van der Waals surface area (Å²) in [5, 5.41) is 0. The Bertz CT molecular complexity index is 620. The molecule has 2 heterocycles. The number of hydrogen-bond acceptors (Lipinski definition) is 5. The van der Waals surface area contributed by atoms with E-state index in [0.29, 0.717) is 37.3 Å². The van der Waals surface area contributed by atoms with Gasteiger partial charge in [0.2, 0.25) is 0 Å². The van der Waals surface area contributed by atoms with Crippen LogP contribution in [-0.2, 0) is 9.47 Å². The van der Waals surface area contributed by atoms with Crippen molar-refractivity contribution in [3.8, 4) is 0 Å². The van der Waals surface area contributed by atoms with Crippen LogP contribution in [0.3, 0.4) is 0 Å². The van der Waals surface area contributed by atoms with Gasteiger partial charge in [-0.1, -0.05) is 12.1 Å². The molecule has 2 amide bonds. The van der Waals surface area contributed by atoms with E-state index in [1.54, 1.807) is 24.3 Å². The zero-order valence-corrected chi connectivity index (χ0v) is 15.2. The minimum atomic E-state index is -0.626. The lowest BCUT2D eigenvalue weighted by Gasteiger charge is -2.45. The van der Waals surface area contributed by atoms with Crippen molar-refractivity contribution < 1.29 is 19.1 Å². The van der Waals surface area contributed by atoms with Crippen molar-refractivity contribution in [1.82, 2.24) is 9.80 Å². The van der Waals surface area contributed by atoms with Gasteiger partial charge in [-0.05, 0) is 33.0 Å². The van der Waals surface area contributed by atoms with Crippen LogP contribution in [0.5, 0.6) is 0 Å². The Morgan fingerprint density at radius 1 is 1.08 bits per heavy atom. The maximum atomic E-state index is 12.6. The smallest absolute Gasteiger partial charge is 0.261 e. The SMILES string of the molecule is CCOC1(OCC)CCN(C)C(CN2C(=O)c3ccccc3C2=O)C1. The lowest BCUT2D eigenvalue weighted by molar-refractivity contribution is -0.260. The summed E-state index contributed by atoms with van der Waals surface area (Å²) in [4.78, 5) is 28.8. The van der Waals surface area contributed by atoms with E-state index in [4.69, 9.17) is 9.47 Å². The number of amides is 2. The van der Waals surface area contributed by atoms with Crippen LogP contribution >= 0.6 is 0 Å². The third-order valence-corrected chi connectivity index (χ3v) is 5.10. The number of fused-ring (bicyclic) bond motifs is 1. The number of ether oxygens (including phenoxy) is 2. The summed E-state index contributed by atoms with van der Waals surface area (Å²) in [7, 11) is 2.02. The number of likely N-dealkylation sites (N-methyl/N-ethyl adjacent to an activating group) is 1. The van der Waals surface area contributed by atoms with Crippen molar-refractivity contribution >= 4 is 11.8 Å². The van der Waals surface area contributed by atoms with Crippen LogP contribution in [0.1, 0.15) is 47.4 Å². The monoisotopic (exact) mass is 346 g/mol. The molecule has 0 bridgehead atoms. The Hall–Kier alpha value is -1.76. The molecule has 0 aromatic heterocycles. The number of carbonyl (C=O) groups is 2. The molecule has 1 aromatic rings. The molecule has 0 aliphatic carbocycles. The molecule has 6 nitrogen and oxygen atoms in total. The number of imide groups is 1. The Morgan fingerprint density at radius 3 is 2.16 bits per heavy atom. The molecule has 1 aromatic carbocycles. The summed E-state index contributed by atoms with van der Waals surface area (Å²) in [6, 6.07) is 7.01. The second kappa shape index (κ2) is 7.23. The molecule has 2 aliphatic rings.